The molecule has 34 heavy (non-hydrogen) atoms. The van der Waals surface area contributed by atoms with Crippen LogP contribution in [-0.2, 0) is 23.9 Å². The molecule has 4 aliphatic rings. The van der Waals surface area contributed by atoms with Crippen LogP contribution in [0, 0.1) is 34.5 Å². The highest BCUT2D eigenvalue weighted by atomic mass is 32.1. The van der Waals surface area contributed by atoms with Crippen LogP contribution in [-0.4, -0.2) is 46.6 Å². The summed E-state index contributed by atoms with van der Waals surface area (Å²) in [4.78, 5) is 47.8. The zero-order valence-corrected chi connectivity index (χ0v) is 21.3. The van der Waals surface area contributed by atoms with Gasteiger partial charge in [-0.05, 0) is 74.0 Å². The van der Waals surface area contributed by atoms with Crippen molar-refractivity contribution in [2.45, 2.75) is 96.6 Å². The van der Waals surface area contributed by atoms with Crippen molar-refractivity contribution in [1.82, 2.24) is 5.32 Å². The SMILES string of the molecule is C[C@]12CC[C@@H]3[C@@H](CC[C@H]4CC(=O)CC[C@]43C)[C@H]1CC[C@H]2OC(=O)CCC(=O)N[C@@H](CS)C(=O)O. The quantitative estimate of drug-likeness (QED) is 0.368. The van der Waals surface area contributed by atoms with E-state index in [9.17, 15) is 19.2 Å². The number of amides is 1. The Kier molecular flexibility index (Phi) is 7.37. The van der Waals surface area contributed by atoms with Crippen LogP contribution in [0.15, 0.2) is 0 Å². The Labute approximate surface area is 207 Å². The molecule has 0 saturated heterocycles. The molecule has 190 valence electrons. The minimum absolute atomic E-state index is 0.00834. The third-order valence-electron chi connectivity index (χ3n) is 10.0. The summed E-state index contributed by atoms with van der Waals surface area (Å²) in [6, 6.07) is -1.06. The van der Waals surface area contributed by atoms with E-state index in [1.165, 1.54) is 6.42 Å². The van der Waals surface area contributed by atoms with Gasteiger partial charge < -0.3 is 15.2 Å². The van der Waals surface area contributed by atoms with Crippen LogP contribution in [0.2, 0.25) is 0 Å². The monoisotopic (exact) mass is 493 g/mol. The van der Waals surface area contributed by atoms with Gasteiger partial charge in [-0.1, -0.05) is 13.8 Å². The van der Waals surface area contributed by atoms with Crippen molar-refractivity contribution < 1.29 is 29.0 Å². The van der Waals surface area contributed by atoms with E-state index in [1.54, 1.807) is 0 Å². The van der Waals surface area contributed by atoms with Gasteiger partial charge in [0, 0.05) is 30.4 Å². The van der Waals surface area contributed by atoms with Crippen LogP contribution < -0.4 is 5.32 Å². The summed E-state index contributed by atoms with van der Waals surface area (Å²) in [5.41, 5.74) is 0.230. The zero-order chi connectivity index (χ0) is 24.7. The number of carboxylic acid groups (broad SMARTS) is 1. The summed E-state index contributed by atoms with van der Waals surface area (Å²) in [5.74, 6) is 0.779. The maximum Gasteiger partial charge on any atom is 0.327 e. The number of ketones is 1. The third-order valence-corrected chi connectivity index (χ3v) is 10.4. The van der Waals surface area contributed by atoms with E-state index in [0.717, 1.165) is 51.4 Å². The summed E-state index contributed by atoms with van der Waals surface area (Å²) < 4.78 is 5.94. The van der Waals surface area contributed by atoms with E-state index in [-0.39, 0.29) is 41.5 Å². The van der Waals surface area contributed by atoms with Gasteiger partial charge in [0.1, 0.15) is 17.9 Å². The van der Waals surface area contributed by atoms with Crippen molar-refractivity contribution in [3.63, 3.8) is 0 Å². The Morgan fingerprint density at radius 3 is 2.50 bits per heavy atom. The van der Waals surface area contributed by atoms with Gasteiger partial charge in [0.15, 0.2) is 0 Å². The van der Waals surface area contributed by atoms with Gasteiger partial charge in [-0.3, -0.25) is 14.4 Å². The Balaban J connectivity index is 1.34. The van der Waals surface area contributed by atoms with Crippen molar-refractivity contribution in [2.75, 3.05) is 5.75 Å². The molecule has 0 aromatic rings. The molecule has 0 unspecified atom stereocenters. The lowest BCUT2D eigenvalue weighted by molar-refractivity contribution is -0.164. The number of ether oxygens (including phenoxy) is 1. The number of hydrogen-bond donors (Lipinski definition) is 3. The summed E-state index contributed by atoms with van der Waals surface area (Å²) in [5, 5.41) is 11.4. The summed E-state index contributed by atoms with van der Waals surface area (Å²) in [7, 11) is 0. The van der Waals surface area contributed by atoms with Crippen molar-refractivity contribution in [3.05, 3.63) is 0 Å². The molecule has 0 aromatic carbocycles. The van der Waals surface area contributed by atoms with E-state index < -0.39 is 17.9 Å². The predicted molar refractivity (Wildman–Crippen MR) is 129 cm³/mol. The summed E-state index contributed by atoms with van der Waals surface area (Å²) in [6.07, 6.45) is 8.66. The molecule has 4 fully saturated rings. The topological polar surface area (TPSA) is 110 Å². The number of fused-ring (bicyclic) bond motifs is 5. The Bertz CT molecular complexity index is 847. The standard InChI is InChI=1S/C26H39NO6S/c1-25-11-9-16(28)13-15(25)3-4-17-18-5-6-21(26(18,2)12-10-19(17)25)33-23(30)8-7-22(29)27-20(14-34)24(31)32/h15,17-21,34H,3-14H2,1-2H3,(H,27,29)(H,31,32)/t15-,17-,18+,19+,20-,21+,25+,26-/m0/s1. The molecular formula is C26H39NO6S. The van der Waals surface area contributed by atoms with Crippen molar-refractivity contribution in [1.29, 1.82) is 0 Å². The normalized spacial score (nSPS) is 39.9. The lowest BCUT2D eigenvalue weighted by Gasteiger charge is -2.60. The summed E-state index contributed by atoms with van der Waals surface area (Å²) in [6.45, 7) is 4.72. The molecule has 0 aliphatic heterocycles. The van der Waals surface area contributed by atoms with Crippen molar-refractivity contribution >= 4 is 36.3 Å². The molecule has 4 rings (SSSR count). The van der Waals surface area contributed by atoms with Gasteiger partial charge in [0.25, 0.3) is 0 Å². The van der Waals surface area contributed by atoms with Gasteiger partial charge in [-0.25, -0.2) is 4.79 Å². The fourth-order valence-corrected chi connectivity index (χ4v) is 8.32. The van der Waals surface area contributed by atoms with E-state index in [2.05, 4.69) is 31.8 Å². The van der Waals surface area contributed by atoms with Crippen LogP contribution in [0.3, 0.4) is 0 Å². The first-order valence-corrected chi connectivity index (χ1v) is 13.6. The molecule has 0 spiro atoms. The fraction of sp³-hybridized carbons (Fsp3) is 0.846. The second-order valence-corrected chi connectivity index (χ2v) is 12.0. The number of carboxylic acids is 1. The maximum atomic E-state index is 12.6. The number of esters is 1. The lowest BCUT2D eigenvalue weighted by Crippen LogP contribution is -2.54. The molecule has 4 aliphatic carbocycles. The molecule has 0 heterocycles. The summed E-state index contributed by atoms with van der Waals surface area (Å²) >= 11 is 3.93. The number of carbonyl (C=O) groups is 4. The molecule has 4 saturated carbocycles. The highest BCUT2D eigenvalue weighted by Gasteiger charge is 2.61. The van der Waals surface area contributed by atoms with E-state index in [0.29, 0.717) is 29.5 Å². The molecule has 8 heteroatoms. The molecule has 2 N–H and O–H groups in total. The first-order valence-electron chi connectivity index (χ1n) is 12.9. The van der Waals surface area contributed by atoms with E-state index in [1.807, 2.05) is 0 Å². The first kappa shape index (κ1) is 25.5. The Hall–Kier alpha value is -1.57. The number of aliphatic carboxylic acids is 1. The number of rotatable bonds is 7. The molecule has 0 bridgehead atoms. The Morgan fingerprint density at radius 2 is 1.79 bits per heavy atom. The van der Waals surface area contributed by atoms with Crippen LogP contribution in [0.4, 0.5) is 0 Å². The van der Waals surface area contributed by atoms with Crippen molar-refractivity contribution in [2.24, 2.45) is 34.5 Å². The molecule has 0 radical (unpaired) electrons. The lowest BCUT2D eigenvalue weighted by atomic mass is 9.45. The van der Waals surface area contributed by atoms with Crippen LogP contribution in [0.25, 0.3) is 0 Å². The van der Waals surface area contributed by atoms with Crippen molar-refractivity contribution in [3.8, 4) is 0 Å². The number of hydrogen-bond acceptors (Lipinski definition) is 6. The predicted octanol–water partition coefficient (Wildman–Crippen LogP) is 3.79. The highest BCUT2D eigenvalue weighted by molar-refractivity contribution is 7.80. The van der Waals surface area contributed by atoms with Gasteiger partial charge in [-0.15, -0.1) is 0 Å². The number of nitrogens with one attached hydrogen (secondary N) is 1. The average molecular weight is 494 g/mol. The molecular weight excluding hydrogens is 454 g/mol. The fourth-order valence-electron chi connectivity index (χ4n) is 8.08. The minimum atomic E-state index is -1.14. The highest BCUT2D eigenvalue weighted by Crippen LogP contribution is 2.66. The number of Topliss-reactive ketones (excluding diaryl/α,β-unsaturated/α-hetero) is 1. The van der Waals surface area contributed by atoms with Crippen LogP contribution in [0.5, 0.6) is 0 Å². The van der Waals surface area contributed by atoms with E-state index >= 15 is 0 Å². The average Bonchev–Trinajstić information content (AvgIpc) is 3.12. The van der Waals surface area contributed by atoms with Gasteiger partial charge in [0.2, 0.25) is 5.91 Å². The Morgan fingerprint density at radius 1 is 1.06 bits per heavy atom. The first-order chi connectivity index (χ1) is 16.1. The second-order valence-electron chi connectivity index (χ2n) is 11.6. The molecule has 1 amide bonds. The van der Waals surface area contributed by atoms with Gasteiger partial charge in [0.05, 0.1) is 6.42 Å². The van der Waals surface area contributed by atoms with E-state index in [4.69, 9.17) is 9.84 Å². The molecule has 0 aromatic heterocycles. The second kappa shape index (κ2) is 9.82. The largest absolute Gasteiger partial charge is 0.480 e. The van der Waals surface area contributed by atoms with Crippen LogP contribution in [0.1, 0.15) is 84.5 Å². The molecule has 7 nitrogen and oxygen atoms in total. The van der Waals surface area contributed by atoms with Gasteiger partial charge >= 0.3 is 11.9 Å². The minimum Gasteiger partial charge on any atom is -0.480 e. The van der Waals surface area contributed by atoms with Gasteiger partial charge in [-0.2, -0.15) is 12.6 Å². The maximum absolute atomic E-state index is 12.6. The number of carbonyl (C=O) groups excluding carboxylic acids is 3. The third kappa shape index (κ3) is 4.63. The molecule has 8 atom stereocenters. The zero-order valence-electron chi connectivity index (χ0n) is 20.4. The smallest absolute Gasteiger partial charge is 0.327 e. The number of thiol groups is 1. The van der Waals surface area contributed by atoms with Crippen LogP contribution >= 0.6 is 12.6 Å².